The number of fused-ring (bicyclic) bond motifs is 2. The number of hydrogen-bond donors (Lipinski definition) is 2. The number of ether oxygens (including phenoxy) is 1. The van der Waals surface area contributed by atoms with Crippen LogP contribution >= 0.6 is 0 Å². The Morgan fingerprint density at radius 2 is 1.48 bits per heavy atom. The van der Waals surface area contributed by atoms with E-state index in [2.05, 4.69) is 53.8 Å². The van der Waals surface area contributed by atoms with E-state index in [1.54, 1.807) is 0 Å². The molecule has 1 saturated heterocycles. The molecule has 0 spiro atoms. The van der Waals surface area contributed by atoms with Gasteiger partial charge in [0.05, 0.1) is 12.6 Å². The van der Waals surface area contributed by atoms with Gasteiger partial charge in [0.15, 0.2) is 0 Å². The van der Waals surface area contributed by atoms with Crippen molar-refractivity contribution >= 4 is 0 Å². The van der Waals surface area contributed by atoms with Crippen molar-refractivity contribution in [3.8, 4) is 0 Å². The summed E-state index contributed by atoms with van der Waals surface area (Å²) in [6.45, 7) is 2.54. The van der Waals surface area contributed by atoms with Crippen molar-refractivity contribution in [2.75, 3.05) is 26.4 Å². The van der Waals surface area contributed by atoms with E-state index in [1.165, 1.54) is 22.3 Å². The molecule has 0 unspecified atom stereocenters. The first kappa shape index (κ1) is 16.8. The monoisotopic (exact) mass is 337 g/mol. The minimum absolute atomic E-state index is 0.0611. The van der Waals surface area contributed by atoms with Gasteiger partial charge in [-0.25, -0.2) is 0 Å². The molecule has 1 aliphatic heterocycles. The summed E-state index contributed by atoms with van der Waals surface area (Å²) in [6.07, 6.45) is 4.02. The molecule has 2 aromatic carbocycles. The van der Waals surface area contributed by atoms with Gasteiger partial charge in [-0.3, -0.25) is 0 Å². The van der Waals surface area contributed by atoms with Crippen molar-refractivity contribution in [2.45, 2.75) is 31.7 Å². The largest absolute Gasteiger partial charge is 0.396 e. The Morgan fingerprint density at radius 3 is 2.04 bits per heavy atom. The molecule has 4 rings (SSSR count). The molecule has 0 bridgehead atoms. The van der Waals surface area contributed by atoms with Gasteiger partial charge >= 0.3 is 0 Å². The van der Waals surface area contributed by atoms with Crippen molar-refractivity contribution in [1.29, 1.82) is 0 Å². The van der Waals surface area contributed by atoms with Crippen LogP contribution in [0.1, 0.15) is 41.1 Å². The van der Waals surface area contributed by atoms with E-state index >= 15 is 0 Å². The average molecular weight is 337 g/mol. The summed E-state index contributed by atoms with van der Waals surface area (Å²) in [7, 11) is 0. The number of aliphatic hydroxyl groups excluding tert-OH is 1. The Bertz CT molecular complexity index is 674. The topological polar surface area (TPSA) is 41.5 Å². The van der Waals surface area contributed by atoms with Crippen LogP contribution in [0.25, 0.3) is 0 Å². The maximum Gasteiger partial charge on any atom is 0.0582 e. The Hall–Kier alpha value is -1.68. The molecule has 1 aliphatic carbocycles. The number of benzene rings is 2. The minimum atomic E-state index is -0.0611. The Labute approximate surface area is 150 Å². The maximum absolute atomic E-state index is 10.0. The van der Waals surface area contributed by atoms with Crippen molar-refractivity contribution in [3.05, 3.63) is 70.8 Å². The maximum atomic E-state index is 10.0. The summed E-state index contributed by atoms with van der Waals surface area (Å²) in [6, 6.07) is 17.8. The highest BCUT2D eigenvalue weighted by Gasteiger charge is 2.33. The zero-order valence-electron chi connectivity index (χ0n) is 14.7. The molecule has 0 atom stereocenters. The second-order valence-electron chi connectivity index (χ2n) is 7.48. The van der Waals surface area contributed by atoms with Crippen LogP contribution in [0.15, 0.2) is 48.5 Å². The van der Waals surface area contributed by atoms with Crippen LogP contribution < -0.4 is 5.32 Å². The van der Waals surface area contributed by atoms with Gasteiger partial charge in [-0.1, -0.05) is 48.5 Å². The third kappa shape index (κ3) is 3.37. The van der Waals surface area contributed by atoms with E-state index in [-0.39, 0.29) is 18.1 Å². The van der Waals surface area contributed by atoms with E-state index in [0.717, 1.165) is 45.4 Å². The lowest BCUT2D eigenvalue weighted by molar-refractivity contribution is -0.0160. The molecular weight excluding hydrogens is 310 g/mol. The molecule has 0 aromatic heterocycles. The van der Waals surface area contributed by atoms with Gasteiger partial charge in [0.1, 0.15) is 0 Å². The zero-order chi connectivity index (χ0) is 17.1. The van der Waals surface area contributed by atoms with Gasteiger partial charge in [0.2, 0.25) is 0 Å². The van der Waals surface area contributed by atoms with E-state index in [0.29, 0.717) is 0 Å². The van der Waals surface area contributed by atoms with Crippen LogP contribution in [-0.4, -0.2) is 31.5 Å². The first-order chi connectivity index (χ1) is 12.3. The summed E-state index contributed by atoms with van der Waals surface area (Å²) in [5, 5.41) is 13.8. The molecule has 25 heavy (non-hydrogen) atoms. The molecule has 2 N–H and O–H groups in total. The number of rotatable bonds is 4. The second kappa shape index (κ2) is 7.28. The Morgan fingerprint density at radius 1 is 0.920 bits per heavy atom. The third-order valence-electron chi connectivity index (χ3n) is 5.97. The molecule has 3 heteroatoms. The molecule has 0 amide bonds. The number of aryl methyl sites for hydroxylation is 2. The molecule has 3 nitrogen and oxygen atoms in total. The molecular formula is C22H27NO2. The van der Waals surface area contributed by atoms with Gasteiger partial charge < -0.3 is 15.2 Å². The van der Waals surface area contributed by atoms with E-state index in [9.17, 15) is 5.11 Å². The molecule has 0 radical (unpaired) electrons. The predicted molar refractivity (Wildman–Crippen MR) is 99.7 cm³/mol. The van der Waals surface area contributed by atoms with E-state index in [1.807, 2.05) is 0 Å². The molecule has 2 aliphatic rings. The first-order valence-electron chi connectivity index (χ1n) is 9.39. The lowest BCUT2D eigenvalue weighted by Gasteiger charge is -2.37. The van der Waals surface area contributed by atoms with Gasteiger partial charge in [-0.15, -0.1) is 0 Å². The van der Waals surface area contributed by atoms with Crippen LogP contribution in [0, 0.1) is 5.41 Å². The van der Waals surface area contributed by atoms with Crippen molar-refractivity contribution in [1.82, 2.24) is 5.32 Å². The normalized spacial score (nSPS) is 19.7. The smallest absolute Gasteiger partial charge is 0.0582 e. The average Bonchev–Trinajstić information content (AvgIpc) is 2.84. The van der Waals surface area contributed by atoms with Gasteiger partial charge in [0.25, 0.3) is 0 Å². The molecule has 0 saturated carbocycles. The molecule has 1 fully saturated rings. The highest BCUT2D eigenvalue weighted by atomic mass is 16.5. The van der Waals surface area contributed by atoms with Crippen molar-refractivity contribution in [2.24, 2.45) is 5.41 Å². The van der Waals surface area contributed by atoms with Crippen LogP contribution in [0.5, 0.6) is 0 Å². The van der Waals surface area contributed by atoms with Gasteiger partial charge in [-0.05, 0) is 47.9 Å². The lowest BCUT2D eigenvalue weighted by atomic mass is 9.80. The summed E-state index contributed by atoms with van der Waals surface area (Å²) >= 11 is 0. The third-order valence-corrected chi connectivity index (χ3v) is 5.97. The van der Waals surface area contributed by atoms with E-state index in [4.69, 9.17) is 4.74 Å². The molecule has 2 aromatic rings. The van der Waals surface area contributed by atoms with Crippen molar-refractivity contribution < 1.29 is 9.84 Å². The SMILES string of the molecule is OCC1(CNC2c3ccccc3CCc3ccccc32)CCOCC1. The zero-order valence-corrected chi connectivity index (χ0v) is 14.7. The predicted octanol–water partition coefficient (Wildman–Crippen LogP) is 3.25. The summed E-state index contributed by atoms with van der Waals surface area (Å²) < 4.78 is 5.51. The van der Waals surface area contributed by atoms with Crippen LogP contribution in [0.3, 0.4) is 0 Å². The van der Waals surface area contributed by atoms with Crippen LogP contribution in [-0.2, 0) is 17.6 Å². The summed E-state index contributed by atoms with van der Waals surface area (Å²) in [4.78, 5) is 0. The highest BCUT2D eigenvalue weighted by Crippen LogP contribution is 2.35. The fraction of sp³-hybridized carbons (Fsp3) is 0.455. The Kier molecular flexibility index (Phi) is 4.89. The number of aliphatic hydroxyl groups is 1. The standard InChI is InChI=1S/C22H27NO2/c24-16-22(11-13-25-14-12-22)15-23-21-19-7-3-1-5-17(19)9-10-18-6-2-4-8-20(18)21/h1-8,21,23-24H,9-16H2. The first-order valence-corrected chi connectivity index (χ1v) is 9.39. The van der Waals surface area contributed by atoms with Crippen LogP contribution in [0.4, 0.5) is 0 Å². The quantitative estimate of drug-likeness (QED) is 0.900. The number of nitrogens with one attached hydrogen (secondary N) is 1. The van der Waals surface area contributed by atoms with Gasteiger partial charge in [-0.2, -0.15) is 0 Å². The molecule has 1 heterocycles. The van der Waals surface area contributed by atoms with Crippen molar-refractivity contribution in [3.63, 3.8) is 0 Å². The van der Waals surface area contributed by atoms with Gasteiger partial charge in [0, 0.05) is 25.2 Å². The number of hydrogen-bond acceptors (Lipinski definition) is 3. The minimum Gasteiger partial charge on any atom is -0.396 e. The lowest BCUT2D eigenvalue weighted by Crippen LogP contribution is -2.43. The fourth-order valence-electron chi connectivity index (χ4n) is 4.26. The van der Waals surface area contributed by atoms with Crippen LogP contribution in [0.2, 0.25) is 0 Å². The summed E-state index contributed by atoms with van der Waals surface area (Å²) in [5.41, 5.74) is 5.57. The summed E-state index contributed by atoms with van der Waals surface area (Å²) in [5.74, 6) is 0. The van der Waals surface area contributed by atoms with E-state index < -0.39 is 0 Å². The second-order valence-corrected chi connectivity index (χ2v) is 7.48. The fourth-order valence-corrected chi connectivity index (χ4v) is 4.26. The molecule has 132 valence electrons. The highest BCUT2D eigenvalue weighted by molar-refractivity contribution is 5.44. The Balaban J connectivity index is 1.65.